The molecule has 1 N–H and O–H groups in total. The van der Waals surface area contributed by atoms with E-state index in [1.165, 1.54) is 17.8 Å². The molecule has 0 bridgehead atoms. The van der Waals surface area contributed by atoms with Gasteiger partial charge in [-0.05, 0) is 57.5 Å². The first-order valence-corrected chi connectivity index (χ1v) is 12.2. The molecule has 0 saturated heterocycles. The third kappa shape index (κ3) is 8.13. The Labute approximate surface area is 201 Å². The number of thioether (sulfide) groups is 1. The van der Waals surface area contributed by atoms with Crippen LogP contribution in [0, 0.1) is 5.82 Å². The number of hydrogen-bond acceptors (Lipinski definition) is 3. The fourth-order valence-corrected chi connectivity index (χ4v) is 4.35. The smallest absolute Gasteiger partial charge is 0.242 e. The summed E-state index contributed by atoms with van der Waals surface area (Å²) in [4.78, 5) is 27.4. The van der Waals surface area contributed by atoms with Crippen LogP contribution in [0.3, 0.4) is 0 Å². The molecule has 0 spiro atoms. The number of halogens is 3. The van der Waals surface area contributed by atoms with Crippen molar-refractivity contribution in [1.29, 1.82) is 0 Å². The molecule has 0 heterocycles. The van der Waals surface area contributed by atoms with Crippen molar-refractivity contribution in [3.63, 3.8) is 0 Å². The number of nitrogens with zero attached hydrogens (tertiary/aromatic N) is 1. The minimum absolute atomic E-state index is 0.105. The van der Waals surface area contributed by atoms with Crippen LogP contribution < -0.4 is 5.32 Å². The highest BCUT2D eigenvalue weighted by molar-refractivity contribution is 9.10. The molecule has 0 radical (unpaired) electrons. The summed E-state index contributed by atoms with van der Waals surface area (Å²) in [5.74, 6) is -0.436. The number of hydrogen-bond donors (Lipinski definition) is 1. The molecule has 0 aliphatic carbocycles. The van der Waals surface area contributed by atoms with Gasteiger partial charge in [-0.15, -0.1) is 11.8 Å². The van der Waals surface area contributed by atoms with E-state index in [0.29, 0.717) is 17.1 Å². The van der Waals surface area contributed by atoms with E-state index in [0.717, 1.165) is 10.0 Å². The van der Waals surface area contributed by atoms with Crippen LogP contribution in [0.5, 0.6) is 0 Å². The van der Waals surface area contributed by atoms with Crippen LogP contribution in [0.25, 0.3) is 0 Å². The van der Waals surface area contributed by atoms with Crippen LogP contribution in [-0.2, 0) is 21.9 Å². The zero-order chi connectivity index (χ0) is 23.2. The summed E-state index contributed by atoms with van der Waals surface area (Å²) in [7, 11) is 0. The molecule has 2 rings (SSSR count). The highest BCUT2D eigenvalue weighted by atomic mass is 79.9. The van der Waals surface area contributed by atoms with Gasteiger partial charge >= 0.3 is 0 Å². The van der Waals surface area contributed by atoms with Gasteiger partial charge in [-0.3, -0.25) is 9.59 Å². The van der Waals surface area contributed by atoms with Crippen molar-refractivity contribution in [3.8, 4) is 0 Å². The largest absolute Gasteiger partial charge is 0.350 e. The minimum Gasteiger partial charge on any atom is -0.350 e. The average molecular weight is 530 g/mol. The van der Waals surface area contributed by atoms with Crippen molar-refractivity contribution in [2.45, 2.75) is 51.6 Å². The van der Waals surface area contributed by atoms with Crippen LogP contribution in [0.4, 0.5) is 4.39 Å². The summed E-state index contributed by atoms with van der Waals surface area (Å²) < 4.78 is 14.9. The van der Waals surface area contributed by atoms with E-state index in [4.69, 9.17) is 11.6 Å². The highest BCUT2D eigenvalue weighted by Gasteiger charge is 2.28. The van der Waals surface area contributed by atoms with Crippen LogP contribution in [0.15, 0.2) is 46.9 Å². The van der Waals surface area contributed by atoms with Gasteiger partial charge in [0.2, 0.25) is 11.8 Å². The molecule has 2 amide bonds. The van der Waals surface area contributed by atoms with Gasteiger partial charge in [0, 0.05) is 32.9 Å². The summed E-state index contributed by atoms with van der Waals surface area (Å²) >= 11 is 10.8. The van der Waals surface area contributed by atoms with Gasteiger partial charge < -0.3 is 10.2 Å². The van der Waals surface area contributed by atoms with E-state index < -0.39 is 17.4 Å². The fraction of sp³-hybridized carbons (Fsp3) is 0.391. The van der Waals surface area contributed by atoms with Gasteiger partial charge in [-0.1, -0.05) is 45.7 Å². The first kappa shape index (κ1) is 25.7. The van der Waals surface area contributed by atoms with Gasteiger partial charge in [-0.2, -0.15) is 0 Å². The molecule has 31 heavy (non-hydrogen) atoms. The van der Waals surface area contributed by atoms with Crippen molar-refractivity contribution < 1.29 is 14.0 Å². The maximum absolute atomic E-state index is 14.0. The standard InChI is InChI=1S/C23H27BrClFN2O2S/c1-15(22(30)27-23(2,3)4)28(12-16-8-10-17(24)11-9-16)21(29)14-31-13-18-19(25)6-5-7-20(18)26/h5-11,15H,12-14H2,1-4H3,(H,27,30). The van der Waals surface area contributed by atoms with Crippen LogP contribution in [0.2, 0.25) is 5.02 Å². The summed E-state index contributed by atoms with van der Waals surface area (Å²) in [6, 6.07) is 11.5. The third-order valence-corrected chi connectivity index (χ3v) is 6.29. The molecule has 2 aromatic rings. The van der Waals surface area contributed by atoms with Crippen LogP contribution in [0.1, 0.15) is 38.8 Å². The third-order valence-electron chi connectivity index (χ3n) is 4.47. The van der Waals surface area contributed by atoms with Crippen molar-refractivity contribution in [3.05, 3.63) is 68.9 Å². The van der Waals surface area contributed by atoms with Crippen molar-refractivity contribution in [1.82, 2.24) is 10.2 Å². The van der Waals surface area contributed by atoms with E-state index >= 15 is 0 Å². The zero-order valence-electron chi connectivity index (χ0n) is 18.0. The normalized spacial score (nSPS) is 12.4. The molecule has 0 saturated carbocycles. The monoisotopic (exact) mass is 528 g/mol. The molecule has 0 fully saturated rings. The van der Waals surface area contributed by atoms with Gasteiger partial charge in [0.25, 0.3) is 0 Å². The Hall–Kier alpha value is -1.57. The first-order chi connectivity index (χ1) is 14.5. The van der Waals surface area contributed by atoms with Gasteiger partial charge in [-0.25, -0.2) is 4.39 Å². The number of amides is 2. The van der Waals surface area contributed by atoms with Crippen LogP contribution in [-0.4, -0.2) is 34.0 Å². The highest BCUT2D eigenvalue weighted by Crippen LogP contribution is 2.24. The van der Waals surface area contributed by atoms with E-state index in [-0.39, 0.29) is 23.3 Å². The first-order valence-electron chi connectivity index (χ1n) is 9.84. The van der Waals surface area contributed by atoms with Crippen molar-refractivity contribution in [2.75, 3.05) is 5.75 Å². The van der Waals surface area contributed by atoms with E-state index in [9.17, 15) is 14.0 Å². The lowest BCUT2D eigenvalue weighted by Crippen LogP contribution is -2.52. The average Bonchev–Trinajstić information content (AvgIpc) is 2.67. The zero-order valence-corrected chi connectivity index (χ0v) is 21.2. The SMILES string of the molecule is CC(C(=O)NC(C)(C)C)N(Cc1ccc(Br)cc1)C(=O)CSCc1c(F)cccc1Cl. The second-order valence-corrected chi connectivity index (χ2v) is 10.6. The molecule has 0 aliphatic heterocycles. The molecule has 0 aliphatic rings. The van der Waals surface area contributed by atoms with Gasteiger partial charge in [0.15, 0.2) is 0 Å². The molecule has 1 unspecified atom stereocenters. The summed E-state index contributed by atoms with van der Waals surface area (Å²) in [5, 5.41) is 3.27. The predicted octanol–water partition coefficient (Wildman–Crippen LogP) is 5.81. The van der Waals surface area contributed by atoms with Gasteiger partial charge in [0.1, 0.15) is 11.9 Å². The van der Waals surface area contributed by atoms with Gasteiger partial charge in [0.05, 0.1) is 5.75 Å². The van der Waals surface area contributed by atoms with Crippen molar-refractivity contribution in [2.24, 2.45) is 0 Å². The number of benzene rings is 2. The predicted molar refractivity (Wildman–Crippen MR) is 130 cm³/mol. The van der Waals surface area contributed by atoms with Crippen molar-refractivity contribution >= 4 is 51.1 Å². The lowest BCUT2D eigenvalue weighted by Gasteiger charge is -2.31. The molecule has 8 heteroatoms. The number of carbonyl (C=O) groups is 2. The summed E-state index contributed by atoms with van der Waals surface area (Å²) in [5.41, 5.74) is 0.877. The molecule has 4 nitrogen and oxygen atoms in total. The topological polar surface area (TPSA) is 49.4 Å². The Morgan fingerprint density at radius 3 is 2.42 bits per heavy atom. The Kier molecular flexibility index (Phi) is 9.40. The Morgan fingerprint density at radius 2 is 1.84 bits per heavy atom. The Balaban J connectivity index is 2.13. The molecule has 2 aromatic carbocycles. The lowest BCUT2D eigenvalue weighted by atomic mass is 10.1. The molecular weight excluding hydrogens is 503 g/mol. The quantitative estimate of drug-likeness (QED) is 0.470. The number of nitrogens with one attached hydrogen (secondary N) is 1. The maximum Gasteiger partial charge on any atom is 0.242 e. The lowest BCUT2D eigenvalue weighted by molar-refractivity contribution is -0.139. The maximum atomic E-state index is 14.0. The van der Waals surface area contributed by atoms with E-state index in [1.54, 1.807) is 24.0 Å². The Bertz CT molecular complexity index is 899. The molecule has 168 valence electrons. The second-order valence-electron chi connectivity index (χ2n) is 8.26. The number of rotatable bonds is 8. The molecule has 0 aromatic heterocycles. The summed E-state index contributed by atoms with van der Waals surface area (Å²) in [6.07, 6.45) is 0. The fourth-order valence-electron chi connectivity index (χ4n) is 2.84. The Morgan fingerprint density at radius 1 is 1.19 bits per heavy atom. The van der Waals surface area contributed by atoms with E-state index in [2.05, 4.69) is 21.2 Å². The number of carbonyl (C=O) groups excluding carboxylic acids is 2. The molecule has 1 atom stereocenters. The minimum atomic E-state index is -0.659. The van der Waals surface area contributed by atoms with E-state index in [1.807, 2.05) is 45.0 Å². The molecular formula is C23H27BrClFN2O2S. The van der Waals surface area contributed by atoms with Crippen LogP contribution >= 0.6 is 39.3 Å². The summed E-state index contributed by atoms with van der Waals surface area (Å²) in [6.45, 7) is 7.70. The second kappa shape index (κ2) is 11.3.